The molecule has 0 bridgehead atoms. The molecule has 0 aliphatic heterocycles. The summed E-state index contributed by atoms with van der Waals surface area (Å²) in [5.41, 5.74) is 0.425. The highest BCUT2D eigenvalue weighted by Gasteiger charge is 2.15. The number of hydrogen-bond acceptors (Lipinski definition) is 3. The number of hydrogen-bond donors (Lipinski definition) is 0. The fraction of sp³-hybridized carbons (Fsp3) is 0.125. The first-order valence-electron chi connectivity index (χ1n) is 5.85. The van der Waals surface area contributed by atoms with Crippen molar-refractivity contribution < 1.29 is 9.53 Å². The van der Waals surface area contributed by atoms with Crippen molar-refractivity contribution >= 4 is 16.9 Å². The largest absolute Gasteiger partial charge is 0.449 e. The van der Waals surface area contributed by atoms with E-state index < -0.39 is 5.97 Å². The van der Waals surface area contributed by atoms with Crippen LogP contribution in [0.3, 0.4) is 0 Å². The number of fused-ring (bicyclic) bond motifs is 1. The van der Waals surface area contributed by atoms with Crippen LogP contribution in [0.1, 0.15) is 10.4 Å². The van der Waals surface area contributed by atoms with Gasteiger partial charge >= 0.3 is 5.97 Å². The molecule has 4 nitrogen and oxygen atoms in total. The lowest BCUT2D eigenvalue weighted by Gasteiger charge is -2.10. The zero-order chi connectivity index (χ0) is 14.5. The second kappa shape index (κ2) is 5.77. The summed E-state index contributed by atoms with van der Waals surface area (Å²) >= 11 is 0. The highest BCUT2D eigenvalue weighted by Crippen LogP contribution is 2.17. The lowest BCUT2D eigenvalue weighted by molar-refractivity contribution is 0.0559. The van der Waals surface area contributed by atoms with Gasteiger partial charge in [-0.25, -0.2) is 4.79 Å². The molecule has 0 atom stereocenters. The van der Waals surface area contributed by atoms with Crippen molar-refractivity contribution in [2.24, 2.45) is 0 Å². The van der Waals surface area contributed by atoms with Gasteiger partial charge in [-0.3, -0.25) is 9.36 Å². The third-order valence-electron chi connectivity index (χ3n) is 2.77. The monoisotopic (exact) mass is 265 g/mol. The minimum atomic E-state index is -0.621. The quantitative estimate of drug-likeness (QED) is 0.623. The number of benzene rings is 1. The first kappa shape index (κ1) is 13.5. The Balaban J connectivity index is 2.67. The van der Waals surface area contributed by atoms with E-state index >= 15 is 0 Å². The van der Waals surface area contributed by atoms with Crippen molar-refractivity contribution in [3.63, 3.8) is 0 Å². The van der Waals surface area contributed by atoms with Gasteiger partial charge in [-0.1, -0.05) is 30.0 Å². The molecule has 0 aliphatic carbocycles. The summed E-state index contributed by atoms with van der Waals surface area (Å²) < 4.78 is 6.30. The summed E-state index contributed by atoms with van der Waals surface area (Å²) in [6, 6.07) is 8.22. The van der Waals surface area contributed by atoms with Crippen LogP contribution in [-0.4, -0.2) is 17.1 Å². The summed E-state index contributed by atoms with van der Waals surface area (Å²) in [6.07, 6.45) is 10.3. The number of esters is 1. The van der Waals surface area contributed by atoms with Crippen molar-refractivity contribution in [2.75, 3.05) is 6.61 Å². The SMILES string of the molecule is C#CCOC(=O)c1cc(=O)n(CC#C)c2ccccc12. The van der Waals surface area contributed by atoms with Crippen LogP contribution in [0.2, 0.25) is 0 Å². The van der Waals surface area contributed by atoms with Crippen molar-refractivity contribution in [1.82, 2.24) is 4.57 Å². The molecule has 98 valence electrons. The smallest absolute Gasteiger partial charge is 0.339 e. The normalized spacial score (nSPS) is 9.70. The van der Waals surface area contributed by atoms with Crippen LogP contribution in [0.5, 0.6) is 0 Å². The van der Waals surface area contributed by atoms with Gasteiger partial charge in [-0.2, -0.15) is 0 Å². The summed E-state index contributed by atoms with van der Waals surface area (Å²) in [4.78, 5) is 24.0. The second-order valence-electron chi connectivity index (χ2n) is 3.98. The number of terminal acetylenes is 2. The maximum atomic E-state index is 12.0. The van der Waals surface area contributed by atoms with Crippen molar-refractivity contribution in [3.05, 3.63) is 46.2 Å². The molecule has 0 N–H and O–H groups in total. The number of ether oxygens (including phenoxy) is 1. The van der Waals surface area contributed by atoms with Gasteiger partial charge in [0, 0.05) is 11.5 Å². The van der Waals surface area contributed by atoms with E-state index in [1.807, 2.05) is 0 Å². The molecular weight excluding hydrogens is 254 g/mol. The molecule has 0 radical (unpaired) electrons. The van der Waals surface area contributed by atoms with Crippen molar-refractivity contribution in [2.45, 2.75) is 6.54 Å². The number of para-hydroxylation sites is 1. The van der Waals surface area contributed by atoms with Gasteiger partial charge in [-0.15, -0.1) is 12.8 Å². The minimum absolute atomic E-state index is 0.138. The predicted molar refractivity (Wildman–Crippen MR) is 76.2 cm³/mol. The van der Waals surface area contributed by atoms with E-state index in [1.54, 1.807) is 24.3 Å². The standard InChI is InChI=1S/C16H11NO3/c1-3-9-17-14-8-6-5-7-12(14)13(11-15(17)18)16(19)20-10-4-2/h1-2,5-8,11H,9-10H2. The second-order valence-corrected chi connectivity index (χ2v) is 3.98. The maximum absolute atomic E-state index is 12.0. The minimum Gasteiger partial charge on any atom is -0.449 e. The van der Waals surface area contributed by atoms with Gasteiger partial charge < -0.3 is 4.74 Å². The molecule has 0 fully saturated rings. The van der Waals surface area contributed by atoms with E-state index in [4.69, 9.17) is 17.6 Å². The molecular formula is C16H11NO3. The average Bonchev–Trinajstić information content (AvgIpc) is 2.47. The Morgan fingerprint density at radius 1 is 1.25 bits per heavy atom. The first-order chi connectivity index (χ1) is 9.69. The van der Waals surface area contributed by atoms with E-state index in [1.165, 1.54) is 10.6 Å². The molecule has 1 aromatic carbocycles. The molecule has 0 unspecified atom stereocenters. The Morgan fingerprint density at radius 2 is 2.00 bits per heavy atom. The molecule has 2 aromatic rings. The van der Waals surface area contributed by atoms with E-state index in [9.17, 15) is 9.59 Å². The van der Waals surface area contributed by atoms with Crippen LogP contribution in [0.15, 0.2) is 35.1 Å². The molecule has 1 heterocycles. The Kier molecular flexibility index (Phi) is 3.88. The third-order valence-corrected chi connectivity index (χ3v) is 2.77. The predicted octanol–water partition coefficient (Wildman–Crippen LogP) is 1.42. The molecule has 2 rings (SSSR count). The van der Waals surface area contributed by atoms with Gasteiger partial charge in [0.1, 0.15) is 0 Å². The third kappa shape index (κ3) is 2.41. The van der Waals surface area contributed by atoms with Crippen molar-refractivity contribution in [1.29, 1.82) is 0 Å². The molecule has 0 saturated heterocycles. The van der Waals surface area contributed by atoms with Crippen molar-refractivity contribution in [3.8, 4) is 24.7 Å². The van der Waals surface area contributed by atoms with Crippen LogP contribution < -0.4 is 5.56 Å². The lowest BCUT2D eigenvalue weighted by Crippen LogP contribution is -2.22. The van der Waals surface area contributed by atoms with Gasteiger partial charge in [0.2, 0.25) is 0 Å². The van der Waals surface area contributed by atoms with E-state index in [2.05, 4.69) is 11.8 Å². The first-order valence-corrected chi connectivity index (χ1v) is 5.85. The molecule has 4 heteroatoms. The van der Waals surface area contributed by atoms with Crippen LogP contribution in [-0.2, 0) is 11.3 Å². The highest BCUT2D eigenvalue weighted by atomic mass is 16.5. The zero-order valence-electron chi connectivity index (χ0n) is 10.6. The van der Waals surface area contributed by atoms with Gasteiger partial charge in [0.15, 0.2) is 6.61 Å². The number of nitrogens with zero attached hydrogens (tertiary/aromatic N) is 1. The molecule has 0 amide bonds. The van der Waals surface area contributed by atoms with Gasteiger partial charge in [0.05, 0.1) is 17.6 Å². The van der Waals surface area contributed by atoms with Crippen LogP contribution in [0.4, 0.5) is 0 Å². The number of carbonyl (C=O) groups is 1. The van der Waals surface area contributed by atoms with E-state index in [0.29, 0.717) is 10.9 Å². The number of rotatable bonds is 3. The van der Waals surface area contributed by atoms with E-state index in [-0.39, 0.29) is 24.3 Å². The van der Waals surface area contributed by atoms with E-state index in [0.717, 1.165) is 0 Å². The average molecular weight is 265 g/mol. The van der Waals surface area contributed by atoms with Gasteiger partial charge in [0.25, 0.3) is 5.56 Å². The number of pyridine rings is 1. The topological polar surface area (TPSA) is 48.3 Å². The Bertz CT molecular complexity index is 803. The molecule has 1 aromatic heterocycles. The Hall–Kier alpha value is -2.98. The Labute approximate surface area is 116 Å². The summed E-state index contributed by atoms with van der Waals surface area (Å²) in [7, 11) is 0. The molecule has 20 heavy (non-hydrogen) atoms. The Morgan fingerprint density at radius 3 is 2.70 bits per heavy atom. The number of aromatic nitrogens is 1. The lowest BCUT2D eigenvalue weighted by atomic mass is 10.1. The van der Waals surface area contributed by atoms with Crippen LogP contribution >= 0.6 is 0 Å². The maximum Gasteiger partial charge on any atom is 0.339 e. The fourth-order valence-corrected chi connectivity index (χ4v) is 1.94. The zero-order valence-corrected chi connectivity index (χ0v) is 10.6. The van der Waals surface area contributed by atoms with Crippen LogP contribution in [0, 0.1) is 24.7 Å². The highest BCUT2D eigenvalue weighted by molar-refractivity contribution is 6.03. The van der Waals surface area contributed by atoms with Crippen LogP contribution in [0.25, 0.3) is 10.9 Å². The summed E-state index contributed by atoms with van der Waals surface area (Å²) in [6.45, 7) is -0.000367. The molecule has 0 saturated carbocycles. The summed E-state index contributed by atoms with van der Waals surface area (Å²) in [5, 5.41) is 0.601. The fourth-order valence-electron chi connectivity index (χ4n) is 1.94. The molecule has 0 aliphatic rings. The molecule has 0 spiro atoms. The number of carbonyl (C=O) groups excluding carboxylic acids is 1. The van der Waals surface area contributed by atoms with Gasteiger partial charge in [-0.05, 0) is 6.07 Å². The summed E-state index contributed by atoms with van der Waals surface area (Å²) in [5.74, 6) is 4.01.